The van der Waals surface area contributed by atoms with Crippen molar-refractivity contribution in [3.8, 4) is 0 Å². The minimum Gasteiger partial charge on any atom is -0.391 e. The molecule has 2 aromatic heterocycles. The fourth-order valence-electron chi connectivity index (χ4n) is 1.32. The Bertz CT molecular complexity index is 437. The van der Waals surface area contributed by atoms with Crippen LogP contribution in [0.1, 0.15) is 18.7 Å². The lowest BCUT2D eigenvalue weighted by Gasteiger charge is -2.12. The van der Waals surface area contributed by atoms with Crippen molar-refractivity contribution < 1.29 is 5.11 Å². The number of hydrogen-bond donors (Lipinski definition) is 2. The third-order valence-corrected chi connectivity index (χ3v) is 2.17. The van der Waals surface area contributed by atoms with Crippen LogP contribution in [0, 0.1) is 0 Å². The van der Waals surface area contributed by atoms with Crippen LogP contribution in [0.2, 0.25) is 0 Å². The molecule has 2 atom stereocenters. The maximum atomic E-state index is 9.36. The molecule has 0 saturated carbocycles. The van der Waals surface area contributed by atoms with Crippen LogP contribution in [0.5, 0.6) is 0 Å². The Morgan fingerprint density at radius 1 is 1.57 bits per heavy atom. The molecule has 5 heteroatoms. The molecule has 0 aliphatic rings. The number of fused-ring (bicyclic) bond motifs is 1. The van der Waals surface area contributed by atoms with Crippen LogP contribution in [-0.2, 0) is 0 Å². The maximum absolute atomic E-state index is 9.36. The van der Waals surface area contributed by atoms with Crippen LogP contribution in [0.25, 0.3) is 5.65 Å². The summed E-state index contributed by atoms with van der Waals surface area (Å²) in [6.07, 6.45) is 2.68. The van der Waals surface area contributed by atoms with Crippen LogP contribution >= 0.6 is 0 Å². The van der Waals surface area contributed by atoms with Crippen LogP contribution < -0.4 is 5.73 Å². The zero-order valence-electron chi connectivity index (χ0n) is 7.83. The van der Waals surface area contributed by atoms with E-state index in [1.165, 1.54) is 0 Å². The zero-order chi connectivity index (χ0) is 10.1. The number of imidazole rings is 1. The van der Waals surface area contributed by atoms with Gasteiger partial charge in [0.2, 0.25) is 0 Å². The fraction of sp³-hybridized carbons (Fsp3) is 0.333. The summed E-state index contributed by atoms with van der Waals surface area (Å²) < 4.78 is 1.64. The van der Waals surface area contributed by atoms with Crippen molar-refractivity contribution in [2.75, 3.05) is 0 Å². The Morgan fingerprint density at radius 2 is 2.36 bits per heavy atom. The largest absolute Gasteiger partial charge is 0.391 e. The molecule has 0 bridgehead atoms. The molecule has 0 saturated heterocycles. The average Bonchev–Trinajstić information content (AvgIpc) is 2.60. The molecule has 2 aromatic rings. The van der Waals surface area contributed by atoms with Gasteiger partial charge in [-0.15, -0.1) is 0 Å². The van der Waals surface area contributed by atoms with Gasteiger partial charge >= 0.3 is 0 Å². The maximum Gasteiger partial charge on any atom is 0.153 e. The predicted molar refractivity (Wildman–Crippen MR) is 51.6 cm³/mol. The van der Waals surface area contributed by atoms with Crippen LogP contribution in [0.3, 0.4) is 0 Å². The van der Waals surface area contributed by atoms with E-state index in [0.717, 1.165) is 11.3 Å². The van der Waals surface area contributed by atoms with Crippen molar-refractivity contribution in [3.05, 3.63) is 30.2 Å². The highest BCUT2D eigenvalue weighted by molar-refractivity contribution is 5.38. The molecule has 0 aliphatic heterocycles. The van der Waals surface area contributed by atoms with E-state index in [9.17, 15) is 5.11 Å². The van der Waals surface area contributed by atoms with E-state index in [1.807, 2.05) is 6.07 Å². The van der Waals surface area contributed by atoms with Gasteiger partial charge in [0, 0.05) is 6.20 Å². The zero-order valence-corrected chi connectivity index (χ0v) is 7.83. The van der Waals surface area contributed by atoms with Crippen LogP contribution in [0.4, 0.5) is 0 Å². The van der Waals surface area contributed by atoms with Crippen molar-refractivity contribution in [3.63, 3.8) is 0 Å². The van der Waals surface area contributed by atoms with E-state index in [0.29, 0.717) is 0 Å². The first-order chi connectivity index (χ1) is 6.70. The van der Waals surface area contributed by atoms with Gasteiger partial charge in [-0.3, -0.25) is 0 Å². The standard InChI is InChI=1S/C9H12N4O/c1-6(14)9(10)7-5-11-8-3-2-4-12-13(7)8/h2-6,9,14H,10H2,1H3. The summed E-state index contributed by atoms with van der Waals surface area (Å²) >= 11 is 0. The molecule has 3 N–H and O–H groups in total. The quantitative estimate of drug-likeness (QED) is 0.708. The van der Waals surface area contributed by atoms with Gasteiger partial charge in [0.15, 0.2) is 5.65 Å². The summed E-state index contributed by atoms with van der Waals surface area (Å²) in [5.41, 5.74) is 7.25. The third kappa shape index (κ3) is 1.36. The predicted octanol–water partition coefficient (Wildman–Crippen LogP) is 0.110. The van der Waals surface area contributed by atoms with Crippen molar-refractivity contribution in [2.45, 2.75) is 19.1 Å². The normalized spacial score (nSPS) is 15.6. The van der Waals surface area contributed by atoms with Crippen molar-refractivity contribution in [1.82, 2.24) is 14.6 Å². The van der Waals surface area contributed by atoms with Gasteiger partial charge in [-0.1, -0.05) is 0 Å². The van der Waals surface area contributed by atoms with E-state index < -0.39 is 12.1 Å². The Morgan fingerprint density at radius 3 is 3.07 bits per heavy atom. The Balaban J connectivity index is 2.53. The number of aromatic nitrogens is 3. The molecule has 0 amide bonds. The van der Waals surface area contributed by atoms with Gasteiger partial charge in [0.1, 0.15) is 0 Å². The molecule has 0 fully saturated rings. The second-order valence-electron chi connectivity index (χ2n) is 3.24. The molecular formula is C9H12N4O. The van der Waals surface area contributed by atoms with Gasteiger partial charge in [0.25, 0.3) is 0 Å². The highest BCUT2D eigenvalue weighted by Crippen LogP contribution is 2.14. The molecule has 74 valence electrons. The number of nitrogens with two attached hydrogens (primary N) is 1. The Hall–Kier alpha value is -1.46. The minimum absolute atomic E-state index is 0.458. The molecule has 0 spiro atoms. The monoisotopic (exact) mass is 192 g/mol. The fourth-order valence-corrected chi connectivity index (χ4v) is 1.32. The van der Waals surface area contributed by atoms with Gasteiger partial charge in [0.05, 0.1) is 24.0 Å². The molecule has 0 aliphatic carbocycles. The second-order valence-corrected chi connectivity index (χ2v) is 3.24. The number of nitrogens with zero attached hydrogens (tertiary/aromatic N) is 3. The Labute approximate surface area is 81.2 Å². The summed E-state index contributed by atoms with van der Waals surface area (Å²) in [6, 6.07) is 3.19. The van der Waals surface area contributed by atoms with Crippen molar-refractivity contribution in [2.24, 2.45) is 5.73 Å². The SMILES string of the molecule is CC(O)C(N)c1cnc2cccnn12. The highest BCUT2D eigenvalue weighted by atomic mass is 16.3. The summed E-state index contributed by atoms with van der Waals surface area (Å²) in [6.45, 7) is 1.65. The first-order valence-electron chi connectivity index (χ1n) is 4.42. The van der Waals surface area contributed by atoms with E-state index in [2.05, 4.69) is 10.1 Å². The number of rotatable bonds is 2. The lowest BCUT2D eigenvalue weighted by molar-refractivity contribution is 0.161. The van der Waals surface area contributed by atoms with Crippen molar-refractivity contribution >= 4 is 5.65 Å². The number of aliphatic hydroxyl groups is 1. The smallest absolute Gasteiger partial charge is 0.153 e. The molecule has 2 heterocycles. The molecule has 0 radical (unpaired) electrons. The first kappa shape index (κ1) is 9.11. The lowest BCUT2D eigenvalue weighted by atomic mass is 10.1. The molecule has 2 unspecified atom stereocenters. The Kier molecular flexibility index (Phi) is 2.18. The summed E-state index contributed by atoms with van der Waals surface area (Å²) in [7, 11) is 0. The third-order valence-electron chi connectivity index (χ3n) is 2.17. The number of aliphatic hydroxyl groups excluding tert-OH is 1. The summed E-state index contributed by atoms with van der Waals surface area (Å²) in [4.78, 5) is 4.13. The molecule has 0 aromatic carbocycles. The van der Waals surface area contributed by atoms with Crippen molar-refractivity contribution in [1.29, 1.82) is 0 Å². The van der Waals surface area contributed by atoms with E-state index in [-0.39, 0.29) is 0 Å². The first-order valence-corrected chi connectivity index (χ1v) is 4.42. The molecule has 2 rings (SSSR count). The van der Waals surface area contributed by atoms with E-state index >= 15 is 0 Å². The minimum atomic E-state index is -0.614. The average molecular weight is 192 g/mol. The van der Waals surface area contributed by atoms with E-state index in [1.54, 1.807) is 29.9 Å². The topological polar surface area (TPSA) is 76.4 Å². The van der Waals surface area contributed by atoms with Gasteiger partial charge < -0.3 is 10.8 Å². The highest BCUT2D eigenvalue weighted by Gasteiger charge is 2.16. The molecule has 14 heavy (non-hydrogen) atoms. The van der Waals surface area contributed by atoms with Gasteiger partial charge in [-0.2, -0.15) is 5.10 Å². The van der Waals surface area contributed by atoms with Crippen LogP contribution in [0.15, 0.2) is 24.5 Å². The van der Waals surface area contributed by atoms with Crippen LogP contribution in [-0.4, -0.2) is 25.8 Å². The van der Waals surface area contributed by atoms with E-state index in [4.69, 9.17) is 5.73 Å². The second kappa shape index (κ2) is 3.36. The molecular weight excluding hydrogens is 180 g/mol. The van der Waals surface area contributed by atoms with Gasteiger partial charge in [-0.05, 0) is 19.1 Å². The molecule has 5 nitrogen and oxygen atoms in total. The lowest BCUT2D eigenvalue weighted by Crippen LogP contribution is -2.24. The van der Waals surface area contributed by atoms with Gasteiger partial charge in [-0.25, -0.2) is 9.50 Å². The number of hydrogen-bond acceptors (Lipinski definition) is 4. The summed E-state index contributed by atoms with van der Waals surface area (Å²) in [5.74, 6) is 0. The summed E-state index contributed by atoms with van der Waals surface area (Å²) in [5, 5.41) is 13.5.